The van der Waals surface area contributed by atoms with Gasteiger partial charge < -0.3 is 5.32 Å². The number of hydrogen-bond donors (Lipinski definition) is 3. The summed E-state index contributed by atoms with van der Waals surface area (Å²) in [5.74, 6) is 0.444. The highest BCUT2D eigenvalue weighted by Gasteiger charge is 2.21. The minimum Gasteiger partial charge on any atom is -0.358 e. The van der Waals surface area contributed by atoms with E-state index in [0.717, 1.165) is 12.0 Å². The molecule has 1 aromatic carbocycles. The summed E-state index contributed by atoms with van der Waals surface area (Å²) in [7, 11) is 0. The zero-order valence-electron chi connectivity index (χ0n) is 12.6. The number of carbonyl (C=O) groups excluding carboxylic acids is 1. The van der Waals surface area contributed by atoms with Crippen LogP contribution in [0.25, 0.3) is 0 Å². The number of rotatable bonds is 2. The second-order valence-corrected chi connectivity index (χ2v) is 6.14. The Labute approximate surface area is 131 Å². The van der Waals surface area contributed by atoms with E-state index in [2.05, 4.69) is 23.1 Å². The molecule has 1 amide bonds. The molecule has 0 aliphatic heterocycles. The summed E-state index contributed by atoms with van der Waals surface area (Å²) < 4.78 is 0. The predicted molar refractivity (Wildman–Crippen MR) is 88.9 cm³/mol. The zero-order chi connectivity index (χ0) is 15.2. The molecule has 1 aliphatic rings. The quantitative estimate of drug-likeness (QED) is 0.581. The largest absolute Gasteiger partial charge is 0.358 e. The van der Waals surface area contributed by atoms with Gasteiger partial charge in [-0.3, -0.25) is 15.6 Å². The van der Waals surface area contributed by atoms with Gasteiger partial charge in [0.25, 0.3) is 5.91 Å². The molecule has 1 saturated carbocycles. The summed E-state index contributed by atoms with van der Waals surface area (Å²) in [5.41, 5.74) is 7.04. The Hall–Kier alpha value is -1.62. The third kappa shape index (κ3) is 4.43. The molecule has 0 unspecified atom stereocenters. The van der Waals surface area contributed by atoms with E-state index in [0.29, 0.717) is 22.6 Å². The molecular formula is C16H23N3OS. The van der Waals surface area contributed by atoms with E-state index in [1.807, 2.05) is 25.1 Å². The molecule has 5 heteroatoms. The molecule has 2 rings (SSSR count). The van der Waals surface area contributed by atoms with Crippen molar-refractivity contribution in [2.24, 2.45) is 5.92 Å². The van der Waals surface area contributed by atoms with E-state index < -0.39 is 0 Å². The number of hydrogen-bond acceptors (Lipinski definition) is 2. The second-order valence-electron chi connectivity index (χ2n) is 5.74. The minimum absolute atomic E-state index is 0.172. The molecule has 0 spiro atoms. The maximum atomic E-state index is 12.1. The fraction of sp³-hybridized carbons (Fsp3) is 0.500. The van der Waals surface area contributed by atoms with Gasteiger partial charge in [0, 0.05) is 11.6 Å². The van der Waals surface area contributed by atoms with Gasteiger partial charge in [0.2, 0.25) is 0 Å². The van der Waals surface area contributed by atoms with Crippen molar-refractivity contribution < 1.29 is 4.79 Å². The van der Waals surface area contributed by atoms with Crippen molar-refractivity contribution in [3.05, 3.63) is 35.4 Å². The average molecular weight is 305 g/mol. The number of carbonyl (C=O) groups is 1. The first-order valence-corrected chi connectivity index (χ1v) is 7.91. The fourth-order valence-electron chi connectivity index (χ4n) is 2.74. The van der Waals surface area contributed by atoms with Crippen LogP contribution in [0.4, 0.5) is 0 Å². The van der Waals surface area contributed by atoms with Crippen LogP contribution in [-0.2, 0) is 0 Å². The minimum atomic E-state index is -0.172. The van der Waals surface area contributed by atoms with Gasteiger partial charge in [0.15, 0.2) is 5.11 Å². The van der Waals surface area contributed by atoms with Crippen molar-refractivity contribution in [1.82, 2.24) is 16.2 Å². The van der Waals surface area contributed by atoms with Gasteiger partial charge in [0.05, 0.1) is 0 Å². The normalized spacial score (nSPS) is 21.4. The van der Waals surface area contributed by atoms with Crippen molar-refractivity contribution in [1.29, 1.82) is 0 Å². The molecule has 4 nitrogen and oxygen atoms in total. The smallest absolute Gasteiger partial charge is 0.269 e. The average Bonchev–Trinajstić information content (AvgIpc) is 2.48. The van der Waals surface area contributed by atoms with Gasteiger partial charge >= 0.3 is 0 Å². The molecule has 0 heterocycles. The molecule has 0 radical (unpaired) electrons. The Morgan fingerprint density at radius 2 is 1.90 bits per heavy atom. The standard InChI is InChI=1S/C16H23N3OS/c1-11-7-3-5-9-13(11)15(20)18-19-16(21)17-14-10-6-4-8-12(14)2/h3,5,7,9,12,14H,4,6,8,10H2,1-2H3,(H,18,20)(H2,17,19,21)/t12-,14+/m1/s1. The molecule has 21 heavy (non-hydrogen) atoms. The molecule has 0 saturated heterocycles. The molecule has 0 bridgehead atoms. The van der Waals surface area contributed by atoms with Crippen molar-refractivity contribution >= 4 is 23.2 Å². The van der Waals surface area contributed by atoms with Gasteiger partial charge in [-0.2, -0.15) is 0 Å². The molecule has 1 aliphatic carbocycles. The Balaban J connectivity index is 1.81. The van der Waals surface area contributed by atoms with Crippen LogP contribution in [0.2, 0.25) is 0 Å². The van der Waals surface area contributed by atoms with Crippen LogP contribution < -0.4 is 16.2 Å². The van der Waals surface area contributed by atoms with Crippen LogP contribution in [0.1, 0.15) is 48.5 Å². The lowest BCUT2D eigenvalue weighted by Gasteiger charge is -2.30. The van der Waals surface area contributed by atoms with Crippen molar-refractivity contribution in [2.75, 3.05) is 0 Å². The lowest BCUT2D eigenvalue weighted by atomic mass is 9.86. The first-order chi connectivity index (χ1) is 10.1. The van der Waals surface area contributed by atoms with Gasteiger partial charge in [-0.05, 0) is 49.5 Å². The summed E-state index contributed by atoms with van der Waals surface area (Å²) in [6, 6.07) is 7.87. The molecule has 1 aromatic rings. The van der Waals surface area contributed by atoms with E-state index in [-0.39, 0.29) is 5.91 Å². The summed E-state index contributed by atoms with van der Waals surface area (Å²) in [6.07, 6.45) is 4.90. The van der Waals surface area contributed by atoms with Crippen LogP contribution in [0.15, 0.2) is 24.3 Å². The molecule has 3 N–H and O–H groups in total. The Morgan fingerprint density at radius 1 is 1.19 bits per heavy atom. The zero-order valence-corrected chi connectivity index (χ0v) is 13.4. The summed E-state index contributed by atoms with van der Waals surface area (Å²) in [4.78, 5) is 12.1. The van der Waals surface area contributed by atoms with Crippen LogP contribution in [0.5, 0.6) is 0 Å². The Kier molecular flexibility index (Phi) is 5.56. The monoisotopic (exact) mass is 305 g/mol. The molecule has 2 atom stereocenters. The van der Waals surface area contributed by atoms with Gasteiger partial charge in [0.1, 0.15) is 0 Å². The third-order valence-corrected chi connectivity index (χ3v) is 4.33. The van der Waals surface area contributed by atoms with E-state index in [1.165, 1.54) is 19.3 Å². The number of nitrogens with one attached hydrogen (secondary N) is 3. The number of thiocarbonyl (C=S) groups is 1. The summed E-state index contributed by atoms with van der Waals surface area (Å²) in [5, 5.41) is 3.78. The number of amides is 1. The SMILES string of the molecule is Cc1ccccc1C(=O)NNC(=S)N[C@H]1CCCC[C@H]1C. The van der Waals surface area contributed by atoms with Gasteiger partial charge in [-0.1, -0.05) is 38.0 Å². The lowest BCUT2D eigenvalue weighted by molar-refractivity contribution is 0.0942. The van der Waals surface area contributed by atoms with E-state index in [1.54, 1.807) is 6.07 Å². The maximum Gasteiger partial charge on any atom is 0.269 e. The van der Waals surface area contributed by atoms with Crippen LogP contribution in [0, 0.1) is 12.8 Å². The highest BCUT2D eigenvalue weighted by molar-refractivity contribution is 7.80. The topological polar surface area (TPSA) is 53.2 Å². The van der Waals surface area contributed by atoms with E-state index in [4.69, 9.17) is 12.2 Å². The summed E-state index contributed by atoms with van der Waals surface area (Å²) >= 11 is 5.25. The maximum absolute atomic E-state index is 12.1. The van der Waals surface area contributed by atoms with Crippen LogP contribution in [0.3, 0.4) is 0 Å². The first-order valence-electron chi connectivity index (χ1n) is 7.50. The molecule has 1 fully saturated rings. The van der Waals surface area contributed by atoms with E-state index >= 15 is 0 Å². The Bertz CT molecular complexity index is 518. The second kappa shape index (κ2) is 7.41. The van der Waals surface area contributed by atoms with Crippen LogP contribution >= 0.6 is 12.2 Å². The summed E-state index contributed by atoms with van der Waals surface area (Å²) in [6.45, 7) is 4.15. The van der Waals surface area contributed by atoms with Crippen LogP contribution in [-0.4, -0.2) is 17.1 Å². The molecule has 114 valence electrons. The first kappa shape index (κ1) is 15.8. The fourth-order valence-corrected chi connectivity index (χ4v) is 2.95. The van der Waals surface area contributed by atoms with Gasteiger partial charge in [-0.15, -0.1) is 0 Å². The molecule has 0 aromatic heterocycles. The van der Waals surface area contributed by atoms with Crippen molar-refractivity contribution in [2.45, 2.75) is 45.6 Å². The Morgan fingerprint density at radius 3 is 2.62 bits per heavy atom. The van der Waals surface area contributed by atoms with Crippen molar-refractivity contribution in [3.63, 3.8) is 0 Å². The number of hydrazine groups is 1. The van der Waals surface area contributed by atoms with Gasteiger partial charge in [-0.25, -0.2) is 0 Å². The highest BCUT2D eigenvalue weighted by atomic mass is 32.1. The number of benzene rings is 1. The lowest BCUT2D eigenvalue weighted by Crippen LogP contribution is -2.51. The molecular weight excluding hydrogens is 282 g/mol. The predicted octanol–water partition coefficient (Wildman–Crippen LogP) is 2.68. The highest BCUT2D eigenvalue weighted by Crippen LogP contribution is 2.23. The van der Waals surface area contributed by atoms with Crippen molar-refractivity contribution in [3.8, 4) is 0 Å². The third-order valence-electron chi connectivity index (χ3n) is 4.11. The number of aryl methyl sites for hydroxylation is 1. The van der Waals surface area contributed by atoms with E-state index in [9.17, 15) is 4.79 Å².